The van der Waals surface area contributed by atoms with Crippen LogP contribution in [0.25, 0.3) is 15.9 Å². The summed E-state index contributed by atoms with van der Waals surface area (Å²) in [6.45, 7) is 2.38. The van der Waals surface area contributed by atoms with Gasteiger partial charge in [0.25, 0.3) is 15.6 Å². The zero-order valence-corrected chi connectivity index (χ0v) is 21.8. The molecule has 1 aromatic carbocycles. The van der Waals surface area contributed by atoms with Gasteiger partial charge in [0.1, 0.15) is 20.2 Å². The maximum Gasteiger partial charge on any atom is 0.255 e. The number of pyridine rings is 2. The summed E-state index contributed by atoms with van der Waals surface area (Å²) in [5, 5.41) is 0.982. The Morgan fingerprint density at radius 1 is 1.08 bits per heavy atom. The van der Waals surface area contributed by atoms with Crippen LogP contribution in [0.1, 0.15) is 19.8 Å². The minimum Gasteiger partial charge on any atom is -0.311 e. The van der Waals surface area contributed by atoms with Crippen LogP contribution in [-0.4, -0.2) is 47.3 Å². The second-order valence-corrected chi connectivity index (χ2v) is 11.9. The first kappa shape index (κ1) is 24.6. The van der Waals surface area contributed by atoms with E-state index in [1.807, 2.05) is 0 Å². The topological polar surface area (TPSA) is 92.6 Å². The number of likely N-dealkylation sites (N-methyl/N-ethyl adjacent to an activating group) is 1. The summed E-state index contributed by atoms with van der Waals surface area (Å²) in [4.78, 5) is 32.1. The van der Waals surface area contributed by atoms with Crippen molar-refractivity contribution >= 4 is 54.8 Å². The van der Waals surface area contributed by atoms with E-state index in [2.05, 4.69) is 4.98 Å². The summed E-state index contributed by atoms with van der Waals surface area (Å²) in [5.41, 5.74) is 1.19. The third-order valence-corrected chi connectivity index (χ3v) is 9.91. The molecule has 36 heavy (non-hydrogen) atoms. The van der Waals surface area contributed by atoms with Crippen LogP contribution < -0.4 is 10.5 Å². The van der Waals surface area contributed by atoms with Gasteiger partial charge in [0.2, 0.25) is 5.91 Å². The largest absolute Gasteiger partial charge is 0.311 e. The maximum absolute atomic E-state index is 13.6. The lowest BCUT2D eigenvalue weighted by atomic mass is 10.0. The quantitative estimate of drug-likeness (QED) is 0.339. The highest BCUT2D eigenvalue weighted by Crippen LogP contribution is 2.33. The first-order valence-corrected chi connectivity index (χ1v) is 14.1. The van der Waals surface area contributed by atoms with E-state index < -0.39 is 16.1 Å². The molecule has 0 bridgehead atoms. The van der Waals surface area contributed by atoms with E-state index in [1.54, 1.807) is 72.6 Å². The van der Waals surface area contributed by atoms with E-state index in [9.17, 15) is 18.0 Å². The second-order valence-electron chi connectivity index (χ2n) is 8.38. The van der Waals surface area contributed by atoms with Crippen molar-refractivity contribution in [3.8, 4) is 5.69 Å². The molecule has 3 aromatic heterocycles. The summed E-state index contributed by atoms with van der Waals surface area (Å²) >= 11 is 7.02. The highest BCUT2D eigenvalue weighted by Gasteiger charge is 2.40. The molecule has 1 atom stereocenters. The van der Waals surface area contributed by atoms with Crippen molar-refractivity contribution in [1.82, 2.24) is 13.9 Å². The third kappa shape index (κ3) is 4.45. The molecule has 1 fully saturated rings. The van der Waals surface area contributed by atoms with Gasteiger partial charge in [-0.05, 0) is 61.4 Å². The molecule has 1 amide bonds. The normalized spacial score (nSPS) is 16.7. The Balaban J connectivity index is 1.42. The molecule has 1 aliphatic heterocycles. The molecule has 1 saturated heterocycles. The van der Waals surface area contributed by atoms with Crippen LogP contribution in [-0.2, 0) is 14.8 Å². The number of carbonyl (C=O) groups excluding carboxylic acids is 1. The van der Waals surface area contributed by atoms with Gasteiger partial charge in [-0.1, -0.05) is 24.6 Å². The Morgan fingerprint density at radius 2 is 1.83 bits per heavy atom. The van der Waals surface area contributed by atoms with Gasteiger partial charge in [-0.2, -0.15) is 4.31 Å². The molecule has 5 rings (SSSR count). The number of hydrogen-bond acceptors (Lipinski definition) is 6. The molecule has 186 valence electrons. The Labute approximate surface area is 217 Å². The van der Waals surface area contributed by atoms with Crippen molar-refractivity contribution in [3.63, 3.8) is 0 Å². The Kier molecular flexibility index (Phi) is 6.69. The predicted molar refractivity (Wildman–Crippen MR) is 142 cm³/mol. The molecular formula is C25H23ClN4O4S2. The SMILES string of the molecule is CCN(C1CCCN(c2ccc(-n3ccccc3=O)cc2)C1=O)S(=O)(=O)c1cc2ccc(Cl)nc2s1. The van der Waals surface area contributed by atoms with Crippen LogP contribution in [0.2, 0.25) is 5.15 Å². The van der Waals surface area contributed by atoms with E-state index in [4.69, 9.17) is 11.6 Å². The van der Waals surface area contributed by atoms with Crippen molar-refractivity contribution in [2.75, 3.05) is 18.0 Å². The number of anilines is 1. The molecule has 0 saturated carbocycles. The highest BCUT2D eigenvalue weighted by molar-refractivity contribution is 7.91. The molecule has 4 heterocycles. The van der Waals surface area contributed by atoms with E-state index in [-0.39, 0.29) is 22.2 Å². The molecule has 0 aliphatic carbocycles. The number of hydrogen-bond donors (Lipinski definition) is 0. The van der Waals surface area contributed by atoms with Crippen LogP contribution in [0.3, 0.4) is 0 Å². The monoisotopic (exact) mass is 542 g/mol. The van der Waals surface area contributed by atoms with Gasteiger partial charge in [-0.3, -0.25) is 14.2 Å². The minimum absolute atomic E-state index is 0.136. The van der Waals surface area contributed by atoms with Crippen molar-refractivity contribution in [1.29, 1.82) is 0 Å². The molecule has 4 aromatic rings. The Morgan fingerprint density at radius 3 is 2.56 bits per heavy atom. The Hall–Kier alpha value is -3.05. The van der Waals surface area contributed by atoms with Gasteiger partial charge >= 0.3 is 0 Å². The third-order valence-electron chi connectivity index (χ3n) is 6.22. The fourth-order valence-corrected chi connectivity index (χ4v) is 7.77. The van der Waals surface area contributed by atoms with Crippen LogP contribution in [0.4, 0.5) is 5.69 Å². The fraction of sp³-hybridized carbons (Fsp3) is 0.240. The maximum atomic E-state index is 13.6. The molecule has 1 unspecified atom stereocenters. The lowest BCUT2D eigenvalue weighted by molar-refractivity contribution is -0.123. The highest BCUT2D eigenvalue weighted by atomic mass is 35.5. The van der Waals surface area contributed by atoms with Gasteiger partial charge in [0.05, 0.1) is 0 Å². The minimum atomic E-state index is -3.93. The number of nitrogens with zero attached hydrogens (tertiary/aromatic N) is 4. The molecule has 0 spiro atoms. The first-order valence-electron chi connectivity index (χ1n) is 11.5. The number of rotatable bonds is 6. The number of sulfonamides is 1. The summed E-state index contributed by atoms with van der Waals surface area (Å²) in [5.74, 6) is -0.265. The molecule has 1 aliphatic rings. The van der Waals surface area contributed by atoms with E-state index >= 15 is 0 Å². The van der Waals surface area contributed by atoms with E-state index in [0.29, 0.717) is 46.1 Å². The van der Waals surface area contributed by atoms with Gasteiger partial charge in [0, 0.05) is 42.1 Å². The van der Waals surface area contributed by atoms with Gasteiger partial charge < -0.3 is 4.90 Å². The number of aromatic nitrogens is 2. The molecular weight excluding hydrogens is 520 g/mol. The number of amides is 1. The Bertz CT molecular complexity index is 1600. The first-order chi connectivity index (χ1) is 17.3. The predicted octanol–water partition coefficient (Wildman–Crippen LogP) is 4.31. The summed E-state index contributed by atoms with van der Waals surface area (Å²) in [6, 6.07) is 16.2. The average Bonchev–Trinajstić information content (AvgIpc) is 3.30. The zero-order chi connectivity index (χ0) is 25.4. The smallest absolute Gasteiger partial charge is 0.255 e. The standard InChI is InChI=1S/C25H23ClN4O4S2/c1-2-30(36(33,34)23-16-17-8-13-21(26)27-24(17)35-23)20-6-5-15-29(25(20)32)19-11-9-18(10-12-19)28-14-4-3-7-22(28)31/h3-4,7-14,16,20H,2,5-6,15H2,1H3. The van der Waals surface area contributed by atoms with Crippen LogP contribution in [0.5, 0.6) is 0 Å². The van der Waals surface area contributed by atoms with Crippen LogP contribution in [0, 0.1) is 0 Å². The van der Waals surface area contributed by atoms with Gasteiger partial charge in [-0.15, -0.1) is 11.3 Å². The second kappa shape index (κ2) is 9.78. The number of carbonyl (C=O) groups is 1. The van der Waals surface area contributed by atoms with Gasteiger partial charge in [-0.25, -0.2) is 13.4 Å². The van der Waals surface area contributed by atoms with Crippen molar-refractivity contribution < 1.29 is 13.2 Å². The van der Waals surface area contributed by atoms with Crippen LogP contribution in [0.15, 0.2) is 75.9 Å². The van der Waals surface area contributed by atoms with Crippen molar-refractivity contribution in [2.45, 2.75) is 30.0 Å². The number of fused-ring (bicyclic) bond motifs is 1. The van der Waals surface area contributed by atoms with E-state index in [0.717, 1.165) is 11.3 Å². The zero-order valence-electron chi connectivity index (χ0n) is 19.4. The van der Waals surface area contributed by atoms with Crippen molar-refractivity contribution in [3.05, 3.63) is 82.4 Å². The van der Waals surface area contributed by atoms with Crippen LogP contribution >= 0.6 is 22.9 Å². The molecule has 8 nitrogen and oxygen atoms in total. The summed E-state index contributed by atoms with van der Waals surface area (Å²) < 4.78 is 30.2. The lowest BCUT2D eigenvalue weighted by Crippen LogP contribution is -2.54. The molecule has 0 radical (unpaired) electrons. The average molecular weight is 543 g/mol. The van der Waals surface area contributed by atoms with E-state index in [1.165, 1.54) is 14.9 Å². The number of benzene rings is 1. The lowest BCUT2D eigenvalue weighted by Gasteiger charge is -2.37. The summed E-state index contributed by atoms with van der Waals surface area (Å²) in [6.07, 6.45) is 2.78. The molecule has 0 N–H and O–H groups in total. The number of piperidine rings is 1. The van der Waals surface area contributed by atoms with Crippen molar-refractivity contribution in [2.24, 2.45) is 0 Å². The van der Waals surface area contributed by atoms with Gasteiger partial charge in [0.15, 0.2) is 0 Å². The number of halogens is 1. The fourth-order valence-electron chi connectivity index (χ4n) is 4.49. The summed E-state index contributed by atoms with van der Waals surface area (Å²) in [7, 11) is -3.93. The number of thiophene rings is 1. The molecule has 11 heteroatoms.